The number of ether oxygens (including phenoxy) is 1. The number of aromatic nitrogens is 3. The zero-order valence-electron chi connectivity index (χ0n) is 17.1. The fourth-order valence-corrected chi connectivity index (χ4v) is 3.69. The molecular formula is C23H24N4O3. The first-order chi connectivity index (χ1) is 14.6. The molecule has 1 aliphatic rings. The molecule has 0 saturated carbocycles. The molecule has 2 heterocycles. The molecule has 1 amide bonds. The minimum Gasteiger partial charge on any atom is -0.465 e. The second kappa shape index (κ2) is 8.49. The molecule has 1 N–H and O–H groups in total. The van der Waals surface area contributed by atoms with Gasteiger partial charge in [-0.25, -0.2) is 4.79 Å². The Balaban J connectivity index is 1.61. The summed E-state index contributed by atoms with van der Waals surface area (Å²) in [5.41, 5.74) is 3.28. The third-order valence-corrected chi connectivity index (χ3v) is 5.40. The van der Waals surface area contributed by atoms with E-state index in [1.807, 2.05) is 25.1 Å². The van der Waals surface area contributed by atoms with Crippen molar-refractivity contribution in [2.45, 2.75) is 39.2 Å². The molecule has 1 aromatic heterocycles. The minimum atomic E-state index is -0.477. The van der Waals surface area contributed by atoms with E-state index in [0.717, 1.165) is 48.6 Å². The van der Waals surface area contributed by atoms with Crippen molar-refractivity contribution in [2.75, 3.05) is 12.4 Å². The topological polar surface area (TPSA) is 86.1 Å². The lowest BCUT2D eigenvalue weighted by Crippen LogP contribution is -2.14. The van der Waals surface area contributed by atoms with Crippen LogP contribution < -0.4 is 5.32 Å². The lowest BCUT2D eigenvalue weighted by atomic mass is 10.1. The van der Waals surface area contributed by atoms with Gasteiger partial charge in [0.15, 0.2) is 5.82 Å². The summed E-state index contributed by atoms with van der Waals surface area (Å²) in [5.74, 6) is 1.08. The van der Waals surface area contributed by atoms with Gasteiger partial charge in [0.2, 0.25) is 0 Å². The first kappa shape index (κ1) is 19.8. The van der Waals surface area contributed by atoms with Gasteiger partial charge < -0.3 is 14.6 Å². The average molecular weight is 404 g/mol. The van der Waals surface area contributed by atoms with Gasteiger partial charge in [0.1, 0.15) is 5.82 Å². The predicted octanol–water partition coefficient (Wildman–Crippen LogP) is 4.02. The van der Waals surface area contributed by atoms with E-state index in [1.54, 1.807) is 18.2 Å². The van der Waals surface area contributed by atoms with Gasteiger partial charge in [0, 0.05) is 29.8 Å². The van der Waals surface area contributed by atoms with Crippen LogP contribution in [0.5, 0.6) is 0 Å². The molecule has 4 rings (SSSR count). The highest BCUT2D eigenvalue weighted by molar-refractivity contribution is 6.06. The lowest BCUT2D eigenvalue weighted by Gasteiger charge is -2.12. The number of rotatable bonds is 4. The molecule has 154 valence electrons. The number of amides is 1. The summed E-state index contributed by atoms with van der Waals surface area (Å²) in [6.07, 6.45) is 4.39. The fourth-order valence-electron chi connectivity index (χ4n) is 3.69. The second-order valence-electron chi connectivity index (χ2n) is 7.46. The smallest absolute Gasteiger partial charge is 0.337 e. The van der Waals surface area contributed by atoms with Crippen LogP contribution in [0.2, 0.25) is 0 Å². The van der Waals surface area contributed by atoms with Crippen molar-refractivity contribution in [2.24, 2.45) is 0 Å². The van der Waals surface area contributed by atoms with Gasteiger partial charge in [-0.3, -0.25) is 4.79 Å². The van der Waals surface area contributed by atoms with Crippen LogP contribution >= 0.6 is 0 Å². The molecule has 0 fully saturated rings. The van der Waals surface area contributed by atoms with E-state index < -0.39 is 5.97 Å². The molecule has 0 atom stereocenters. The van der Waals surface area contributed by atoms with Crippen molar-refractivity contribution in [3.05, 3.63) is 65.0 Å². The summed E-state index contributed by atoms with van der Waals surface area (Å²) >= 11 is 0. The van der Waals surface area contributed by atoms with Crippen molar-refractivity contribution in [3.8, 4) is 11.4 Å². The minimum absolute atomic E-state index is 0.291. The van der Waals surface area contributed by atoms with Crippen LogP contribution in [0.1, 0.15) is 51.4 Å². The number of anilines is 1. The van der Waals surface area contributed by atoms with Crippen LogP contribution in [0.4, 0.5) is 5.69 Å². The van der Waals surface area contributed by atoms with Gasteiger partial charge in [-0.1, -0.05) is 24.6 Å². The monoisotopic (exact) mass is 404 g/mol. The van der Waals surface area contributed by atoms with E-state index in [9.17, 15) is 9.59 Å². The Morgan fingerprint density at radius 1 is 1.03 bits per heavy atom. The number of nitrogens with one attached hydrogen (secondary N) is 1. The van der Waals surface area contributed by atoms with E-state index in [1.165, 1.54) is 19.6 Å². The molecular weight excluding hydrogens is 380 g/mol. The molecule has 7 heteroatoms. The summed E-state index contributed by atoms with van der Waals surface area (Å²) in [5, 5.41) is 11.7. The number of fused-ring (bicyclic) bond motifs is 1. The first-order valence-electron chi connectivity index (χ1n) is 10.1. The Hall–Kier alpha value is -3.48. The first-order valence-corrected chi connectivity index (χ1v) is 10.1. The average Bonchev–Trinajstić information content (AvgIpc) is 3.02. The summed E-state index contributed by atoms with van der Waals surface area (Å²) in [6.45, 7) is 2.85. The molecule has 0 bridgehead atoms. The number of hydrogen-bond donors (Lipinski definition) is 1. The third kappa shape index (κ3) is 3.96. The van der Waals surface area contributed by atoms with Gasteiger partial charge >= 0.3 is 5.97 Å². The van der Waals surface area contributed by atoms with Crippen LogP contribution in [0.15, 0.2) is 42.5 Å². The van der Waals surface area contributed by atoms with Gasteiger partial charge in [-0.2, -0.15) is 0 Å². The van der Waals surface area contributed by atoms with Crippen LogP contribution in [-0.4, -0.2) is 33.8 Å². The summed E-state index contributed by atoms with van der Waals surface area (Å²) in [4.78, 5) is 24.6. The Morgan fingerprint density at radius 2 is 1.87 bits per heavy atom. The van der Waals surface area contributed by atoms with Crippen LogP contribution in [-0.2, 0) is 17.7 Å². The molecule has 30 heavy (non-hydrogen) atoms. The molecule has 2 aromatic carbocycles. The number of hydrogen-bond acceptors (Lipinski definition) is 5. The highest BCUT2D eigenvalue weighted by Gasteiger charge is 2.17. The zero-order chi connectivity index (χ0) is 21.1. The maximum atomic E-state index is 12.8. The van der Waals surface area contributed by atoms with Crippen molar-refractivity contribution in [3.63, 3.8) is 0 Å². The van der Waals surface area contributed by atoms with Crippen LogP contribution in [0.3, 0.4) is 0 Å². The van der Waals surface area contributed by atoms with E-state index in [-0.39, 0.29) is 5.91 Å². The number of nitrogens with zero attached hydrogens (tertiary/aromatic N) is 3. The molecule has 0 unspecified atom stereocenters. The molecule has 3 aromatic rings. The number of esters is 1. The maximum absolute atomic E-state index is 12.8. The van der Waals surface area contributed by atoms with Crippen LogP contribution in [0.25, 0.3) is 11.4 Å². The molecule has 0 spiro atoms. The van der Waals surface area contributed by atoms with Gasteiger partial charge in [-0.15, -0.1) is 10.2 Å². The molecule has 7 nitrogen and oxygen atoms in total. The van der Waals surface area contributed by atoms with E-state index in [4.69, 9.17) is 4.74 Å². The lowest BCUT2D eigenvalue weighted by molar-refractivity contribution is 0.0600. The standard InChI is InChI=1S/C23H24N4O3/c1-15-10-11-16(21-26-25-20-9-4-3-5-12-27(20)21)14-19(15)24-22(28)17-7-6-8-18(13-17)23(29)30-2/h6-8,10-11,13-14H,3-5,9,12H2,1-2H3,(H,24,28). The largest absolute Gasteiger partial charge is 0.465 e. The van der Waals surface area contributed by atoms with E-state index >= 15 is 0 Å². The quantitative estimate of drug-likeness (QED) is 0.664. The second-order valence-corrected chi connectivity index (χ2v) is 7.46. The molecule has 0 aliphatic carbocycles. The van der Waals surface area contributed by atoms with E-state index in [2.05, 4.69) is 20.1 Å². The van der Waals surface area contributed by atoms with E-state index in [0.29, 0.717) is 16.8 Å². The number of aryl methyl sites for hydroxylation is 2. The number of carbonyl (C=O) groups is 2. The van der Waals surface area contributed by atoms with Gasteiger partial charge in [0.05, 0.1) is 12.7 Å². The summed E-state index contributed by atoms with van der Waals surface area (Å²) in [6, 6.07) is 12.4. The zero-order valence-corrected chi connectivity index (χ0v) is 17.1. The van der Waals surface area contributed by atoms with Crippen LogP contribution in [0, 0.1) is 6.92 Å². The van der Waals surface area contributed by atoms with Gasteiger partial charge in [0.25, 0.3) is 5.91 Å². The summed E-state index contributed by atoms with van der Waals surface area (Å²) < 4.78 is 6.92. The number of benzene rings is 2. The summed E-state index contributed by atoms with van der Waals surface area (Å²) in [7, 11) is 1.31. The highest BCUT2D eigenvalue weighted by atomic mass is 16.5. The Bertz CT molecular complexity index is 1100. The normalized spacial score (nSPS) is 13.3. The van der Waals surface area contributed by atoms with Crippen molar-refractivity contribution in [1.82, 2.24) is 14.8 Å². The third-order valence-electron chi connectivity index (χ3n) is 5.40. The van der Waals surface area contributed by atoms with Crippen molar-refractivity contribution >= 4 is 17.6 Å². The number of carbonyl (C=O) groups excluding carboxylic acids is 2. The Labute approximate surface area is 175 Å². The molecule has 1 aliphatic heterocycles. The Kier molecular flexibility index (Phi) is 5.61. The Morgan fingerprint density at radius 3 is 2.70 bits per heavy atom. The number of methoxy groups -OCH3 is 1. The SMILES string of the molecule is COC(=O)c1cccc(C(=O)Nc2cc(-c3nnc4n3CCCCC4)ccc2C)c1. The fraction of sp³-hybridized carbons (Fsp3) is 0.304. The highest BCUT2D eigenvalue weighted by Crippen LogP contribution is 2.27. The predicted molar refractivity (Wildman–Crippen MR) is 113 cm³/mol. The van der Waals surface area contributed by atoms with Gasteiger partial charge in [-0.05, 0) is 49.6 Å². The molecule has 0 saturated heterocycles. The molecule has 0 radical (unpaired) electrons. The van der Waals surface area contributed by atoms with Crippen molar-refractivity contribution in [1.29, 1.82) is 0 Å². The maximum Gasteiger partial charge on any atom is 0.337 e. The van der Waals surface area contributed by atoms with Crippen molar-refractivity contribution < 1.29 is 14.3 Å².